The van der Waals surface area contributed by atoms with E-state index in [2.05, 4.69) is 12.2 Å². The van der Waals surface area contributed by atoms with Crippen LogP contribution in [0.2, 0.25) is 0 Å². The van der Waals surface area contributed by atoms with Crippen molar-refractivity contribution in [1.29, 1.82) is 0 Å². The Morgan fingerprint density at radius 2 is 2.05 bits per heavy atom. The molecule has 2 aromatic rings. The molecular weight excluding hydrogens is 282 g/mol. The number of nitrogens with one attached hydrogen (secondary N) is 1. The van der Waals surface area contributed by atoms with Crippen LogP contribution >= 0.6 is 11.8 Å². The summed E-state index contributed by atoms with van der Waals surface area (Å²) in [5.41, 5.74) is 3.35. The van der Waals surface area contributed by atoms with Gasteiger partial charge in [0.05, 0.1) is 17.9 Å². The van der Waals surface area contributed by atoms with Gasteiger partial charge in [-0.3, -0.25) is 0 Å². The first-order chi connectivity index (χ1) is 10.3. The van der Waals surface area contributed by atoms with Gasteiger partial charge >= 0.3 is 0 Å². The van der Waals surface area contributed by atoms with E-state index in [0.717, 1.165) is 46.7 Å². The first kappa shape index (κ1) is 14.2. The van der Waals surface area contributed by atoms with Gasteiger partial charge in [-0.05, 0) is 26.0 Å². The largest absolute Gasteiger partial charge is 0.493 e. The Hall–Kier alpha value is -1.75. The van der Waals surface area contributed by atoms with E-state index in [9.17, 15) is 0 Å². The van der Waals surface area contributed by atoms with E-state index in [1.807, 2.05) is 43.0 Å². The number of rotatable bonds is 5. The van der Waals surface area contributed by atoms with Gasteiger partial charge < -0.3 is 10.1 Å². The third kappa shape index (κ3) is 2.83. The standard InChI is InChI=1S/C16H19N3OS/c1-3-17-15-12-9-21-10-13(12)18-16(19-15)11-7-5-6-8-14(11)20-4-2/h5-8H,3-4,9-10H2,1-2H3,(H,17,18,19). The second-order valence-electron chi connectivity index (χ2n) is 4.77. The maximum atomic E-state index is 5.71. The Kier molecular flexibility index (Phi) is 4.29. The summed E-state index contributed by atoms with van der Waals surface area (Å²) < 4.78 is 5.71. The molecule has 0 saturated heterocycles. The zero-order valence-electron chi connectivity index (χ0n) is 12.3. The number of thioether (sulfide) groups is 1. The van der Waals surface area contributed by atoms with E-state index >= 15 is 0 Å². The second kappa shape index (κ2) is 6.35. The fraction of sp³-hybridized carbons (Fsp3) is 0.375. The van der Waals surface area contributed by atoms with E-state index in [4.69, 9.17) is 14.7 Å². The minimum atomic E-state index is 0.637. The van der Waals surface area contributed by atoms with Gasteiger partial charge in [-0.2, -0.15) is 11.8 Å². The Labute approximate surface area is 129 Å². The zero-order valence-corrected chi connectivity index (χ0v) is 13.2. The number of hydrogen-bond donors (Lipinski definition) is 1. The maximum absolute atomic E-state index is 5.71. The number of hydrogen-bond acceptors (Lipinski definition) is 5. The fourth-order valence-corrected chi connectivity index (χ4v) is 3.46. The average Bonchev–Trinajstić information content (AvgIpc) is 2.97. The molecule has 0 radical (unpaired) electrons. The van der Waals surface area contributed by atoms with Crippen LogP contribution < -0.4 is 10.1 Å². The molecule has 0 spiro atoms. The summed E-state index contributed by atoms with van der Waals surface area (Å²) in [4.78, 5) is 9.49. The summed E-state index contributed by atoms with van der Waals surface area (Å²) in [5.74, 6) is 4.50. The summed E-state index contributed by atoms with van der Waals surface area (Å²) in [6, 6.07) is 7.96. The predicted molar refractivity (Wildman–Crippen MR) is 87.8 cm³/mol. The van der Waals surface area contributed by atoms with Gasteiger partial charge in [0, 0.05) is 23.6 Å². The lowest BCUT2D eigenvalue weighted by Gasteiger charge is -2.13. The van der Waals surface area contributed by atoms with Gasteiger partial charge in [-0.1, -0.05) is 12.1 Å². The average molecular weight is 301 g/mol. The molecular formula is C16H19N3OS. The highest BCUT2D eigenvalue weighted by Crippen LogP contribution is 2.36. The summed E-state index contributed by atoms with van der Waals surface area (Å²) in [6.45, 7) is 5.57. The summed E-state index contributed by atoms with van der Waals surface area (Å²) in [7, 11) is 0. The van der Waals surface area contributed by atoms with Crippen molar-refractivity contribution < 1.29 is 4.74 Å². The van der Waals surface area contributed by atoms with E-state index in [1.165, 1.54) is 5.56 Å². The zero-order chi connectivity index (χ0) is 14.7. The van der Waals surface area contributed by atoms with Crippen LogP contribution in [0.5, 0.6) is 5.75 Å². The lowest BCUT2D eigenvalue weighted by molar-refractivity contribution is 0.341. The van der Waals surface area contributed by atoms with Gasteiger partial charge in [0.1, 0.15) is 11.6 Å². The van der Waals surface area contributed by atoms with E-state index in [1.54, 1.807) is 0 Å². The quantitative estimate of drug-likeness (QED) is 0.912. The van der Waals surface area contributed by atoms with E-state index in [0.29, 0.717) is 6.61 Å². The molecule has 2 heterocycles. The number of fused-ring (bicyclic) bond motifs is 1. The van der Waals surface area contributed by atoms with Gasteiger partial charge in [-0.15, -0.1) is 0 Å². The van der Waals surface area contributed by atoms with Gasteiger partial charge in [0.15, 0.2) is 5.82 Å². The Balaban J connectivity index is 2.09. The van der Waals surface area contributed by atoms with Crippen LogP contribution in [-0.2, 0) is 11.5 Å². The monoisotopic (exact) mass is 301 g/mol. The van der Waals surface area contributed by atoms with Crippen molar-refractivity contribution in [3.63, 3.8) is 0 Å². The number of aromatic nitrogens is 2. The molecule has 0 unspecified atom stereocenters. The smallest absolute Gasteiger partial charge is 0.165 e. The molecule has 0 atom stereocenters. The van der Waals surface area contributed by atoms with E-state index in [-0.39, 0.29) is 0 Å². The molecule has 3 rings (SSSR count). The first-order valence-electron chi connectivity index (χ1n) is 7.27. The summed E-state index contributed by atoms with van der Waals surface area (Å²) >= 11 is 1.89. The van der Waals surface area contributed by atoms with Crippen molar-refractivity contribution in [1.82, 2.24) is 9.97 Å². The molecule has 21 heavy (non-hydrogen) atoms. The highest BCUT2D eigenvalue weighted by molar-refractivity contribution is 7.98. The summed E-state index contributed by atoms with van der Waals surface area (Å²) in [5, 5.41) is 3.36. The lowest BCUT2D eigenvalue weighted by atomic mass is 10.1. The topological polar surface area (TPSA) is 47.0 Å². The molecule has 0 amide bonds. The van der Waals surface area contributed by atoms with Crippen LogP contribution in [0.1, 0.15) is 25.1 Å². The maximum Gasteiger partial charge on any atom is 0.165 e. The van der Waals surface area contributed by atoms with Crippen molar-refractivity contribution in [2.24, 2.45) is 0 Å². The predicted octanol–water partition coefficient (Wildman–Crippen LogP) is 3.72. The SMILES string of the molecule is CCNc1nc(-c2ccccc2OCC)nc2c1CSC2. The normalized spacial score (nSPS) is 13.0. The van der Waals surface area contributed by atoms with Crippen LogP contribution in [0, 0.1) is 0 Å². The number of ether oxygens (including phenoxy) is 1. The van der Waals surface area contributed by atoms with Gasteiger partial charge in [0.25, 0.3) is 0 Å². The highest BCUT2D eigenvalue weighted by atomic mass is 32.2. The first-order valence-corrected chi connectivity index (χ1v) is 8.42. The molecule has 1 aliphatic heterocycles. The number of nitrogens with zero attached hydrogens (tertiary/aromatic N) is 2. The van der Waals surface area contributed by atoms with Crippen molar-refractivity contribution in [3.8, 4) is 17.1 Å². The molecule has 1 aromatic carbocycles. The van der Waals surface area contributed by atoms with Crippen LogP contribution in [0.4, 0.5) is 5.82 Å². The third-order valence-electron chi connectivity index (χ3n) is 3.35. The van der Waals surface area contributed by atoms with Crippen LogP contribution in [-0.4, -0.2) is 23.1 Å². The molecule has 5 heteroatoms. The molecule has 110 valence electrons. The molecule has 1 aliphatic rings. The van der Waals surface area contributed by atoms with Crippen LogP contribution in [0.25, 0.3) is 11.4 Å². The van der Waals surface area contributed by atoms with Crippen LogP contribution in [0.15, 0.2) is 24.3 Å². The lowest BCUT2D eigenvalue weighted by Crippen LogP contribution is -2.07. The fourth-order valence-electron chi connectivity index (χ4n) is 2.42. The van der Waals surface area contributed by atoms with Crippen LogP contribution in [0.3, 0.4) is 0 Å². The summed E-state index contributed by atoms with van der Waals surface area (Å²) in [6.07, 6.45) is 0. The van der Waals surface area contributed by atoms with Gasteiger partial charge in [-0.25, -0.2) is 9.97 Å². The highest BCUT2D eigenvalue weighted by Gasteiger charge is 2.21. The minimum Gasteiger partial charge on any atom is -0.493 e. The molecule has 4 nitrogen and oxygen atoms in total. The molecule has 0 saturated carbocycles. The van der Waals surface area contributed by atoms with Crippen molar-refractivity contribution in [2.75, 3.05) is 18.5 Å². The number of anilines is 1. The van der Waals surface area contributed by atoms with Gasteiger partial charge in [0.2, 0.25) is 0 Å². The Morgan fingerprint density at radius 1 is 1.19 bits per heavy atom. The Bertz CT molecular complexity index is 645. The molecule has 1 aromatic heterocycles. The Morgan fingerprint density at radius 3 is 2.86 bits per heavy atom. The third-order valence-corrected chi connectivity index (χ3v) is 4.32. The van der Waals surface area contributed by atoms with Crippen molar-refractivity contribution in [3.05, 3.63) is 35.5 Å². The molecule has 0 bridgehead atoms. The second-order valence-corrected chi connectivity index (χ2v) is 5.76. The minimum absolute atomic E-state index is 0.637. The molecule has 0 fully saturated rings. The van der Waals surface area contributed by atoms with E-state index < -0.39 is 0 Å². The van der Waals surface area contributed by atoms with Crippen molar-refractivity contribution >= 4 is 17.6 Å². The molecule has 1 N–H and O–H groups in total. The number of para-hydroxylation sites is 1. The molecule has 0 aliphatic carbocycles. The number of benzene rings is 1. The van der Waals surface area contributed by atoms with Crippen molar-refractivity contribution in [2.45, 2.75) is 25.4 Å².